The van der Waals surface area contributed by atoms with Crippen LogP contribution >= 0.6 is 0 Å². The Morgan fingerprint density at radius 2 is 1.72 bits per heavy atom. The predicted molar refractivity (Wildman–Crippen MR) is 94.9 cm³/mol. The number of hydrogen-bond acceptors (Lipinski definition) is 5. The molecule has 1 aromatic carbocycles. The van der Waals surface area contributed by atoms with E-state index < -0.39 is 17.4 Å². The van der Waals surface area contributed by atoms with Crippen molar-refractivity contribution < 1.29 is 23.9 Å². The molecule has 1 unspecified atom stereocenters. The third kappa shape index (κ3) is 5.85. The van der Waals surface area contributed by atoms with Gasteiger partial charge in [-0.1, -0.05) is 36.9 Å². The van der Waals surface area contributed by atoms with Crippen molar-refractivity contribution in [2.75, 3.05) is 6.61 Å². The van der Waals surface area contributed by atoms with Crippen LogP contribution in [0.1, 0.15) is 39.7 Å². The number of carbonyl (C=O) groups is 3. The molecule has 5 nitrogen and oxygen atoms in total. The third-order valence-electron chi connectivity index (χ3n) is 3.89. The number of ether oxygens (including phenoxy) is 2. The van der Waals surface area contributed by atoms with Gasteiger partial charge < -0.3 is 9.47 Å². The van der Waals surface area contributed by atoms with E-state index in [1.165, 1.54) is 13.8 Å². The monoisotopic (exact) mass is 346 g/mol. The normalized spacial score (nSPS) is 13.0. The molecule has 0 aliphatic heterocycles. The Bertz CT molecular complexity index is 633. The summed E-state index contributed by atoms with van der Waals surface area (Å²) in [5.74, 6) is -1.69. The van der Waals surface area contributed by atoms with Gasteiger partial charge >= 0.3 is 11.9 Å². The maximum absolute atomic E-state index is 12.7. The van der Waals surface area contributed by atoms with Crippen LogP contribution in [0.2, 0.25) is 0 Å². The molecule has 0 bridgehead atoms. The first-order chi connectivity index (χ1) is 11.7. The van der Waals surface area contributed by atoms with Gasteiger partial charge in [0.15, 0.2) is 11.2 Å². The number of aryl methyl sites for hydroxylation is 1. The minimum absolute atomic E-state index is 0.196. The molecule has 25 heavy (non-hydrogen) atoms. The standard InChI is InChI=1S/C20H26O5/c1-14(2)18(22)24-13-20(16(5)21,19(23)25-15(3)4)12-11-17-9-7-6-8-10-17/h6-10,15H,1,11-13H2,2-5H3. The molecule has 0 aromatic heterocycles. The maximum atomic E-state index is 12.7. The summed E-state index contributed by atoms with van der Waals surface area (Å²) in [5, 5.41) is 0. The van der Waals surface area contributed by atoms with Crippen molar-refractivity contribution >= 4 is 17.7 Å². The summed E-state index contributed by atoms with van der Waals surface area (Å²) >= 11 is 0. The quantitative estimate of drug-likeness (QED) is 0.390. The zero-order chi connectivity index (χ0) is 19.0. The first kappa shape index (κ1) is 20.6. The predicted octanol–water partition coefficient (Wildman–Crippen LogP) is 3.27. The third-order valence-corrected chi connectivity index (χ3v) is 3.89. The molecule has 0 amide bonds. The summed E-state index contributed by atoms with van der Waals surface area (Å²) in [6.07, 6.45) is 0.305. The lowest BCUT2D eigenvalue weighted by atomic mass is 9.79. The lowest BCUT2D eigenvalue weighted by molar-refractivity contribution is -0.169. The van der Waals surface area contributed by atoms with E-state index in [2.05, 4.69) is 6.58 Å². The topological polar surface area (TPSA) is 69.7 Å². The van der Waals surface area contributed by atoms with E-state index in [-0.39, 0.29) is 30.5 Å². The van der Waals surface area contributed by atoms with Crippen molar-refractivity contribution in [1.29, 1.82) is 0 Å². The maximum Gasteiger partial charge on any atom is 0.333 e. The zero-order valence-corrected chi connectivity index (χ0v) is 15.3. The molecule has 1 atom stereocenters. The molecule has 0 saturated carbocycles. The van der Waals surface area contributed by atoms with Gasteiger partial charge in [-0.3, -0.25) is 9.59 Å². The molecule has 1 aromatic rings. The number of benzene rings is 1. The molecule has 0 aliphatic carbocycles. The van der Waals surface area contributed by atoms with E-state index in [9.17, 15) is 14.4 Å². The summed E-state index contributed by atoms with van der Waals surface area (Å²) in [6.45, 7) is 9.40. The summed E-state index contributed by atoms with van der Waals surface area (Å²) in [6, 6.07) is 9.50. The molecule has 0 aliphatic rings. The van der Waals surface area contributed by atoms with Crippen LogP contribution in [0.5, 0.6) is 0 Å². The summed E-state index contributed by atoms with van der Waals surface area (Å²) in [4.78, 5) is 36.8. The van der Waals surface area contributed by atoms with Crippen molar-refractivity contribution in [1.82, 2.24) is 0 Å². The molecule has 136 valence electrons. The van der Waals surface area contributed by atoms with Crippen molar-refractivity contribution in [2.24, 2.45) is 5.41 Å². The minimum Gasteiger partial charge on any atom is -0.462 e. The molecule has 0 radical (unpaired) electrons. The van der Waals surface area contributed by atoms with Gasteiger partial charge in [-0.2, -0.15) is 0 Å². The number of carbonyl (C=O) groups excluding carboxylic acids is 3. The van der Waals surface area contributed by atoms with Crippen molar-refractivity contribution in [2.45, 2.75) is 46.6 Å². The van der Waals surface area contributed by atoms with Gasteiger partial charge in [-0.15, -0.1) is 0 Å². The fourth-order valence-corrected chi connectivity index (χ4v) is 2.30. The molecular weight excluding hydrogens is 320 g/mol. The van der Waals surface area contributed by atoms with E-state index in [0.29, 0.717) is 6.42 Å². The van der Waals surface area contributed by atoms with Crippen molar-refractivity contribution in [3.8, 4) is 0 Å². The van der Waals surface area contributed by atoms with Crippen LogP contribution in [0.25, 0.3) is 0 Å². The van der Waals surface area contributed by atoms with E-state index >= 15 is 0 Å². The first-order valence-electron chi connectivity index (χ1n) is 8.27. The van der Waals surface area contributed by atoms with Crippen molar-refractivity contribution in [3.63, 3.8) is 0 Å². The lowest BCUT2D eigenvalue weighted by Crippen LogP contribution is -2.45. The molecule has 0 N–H and O–H groups in total. The fourth-order valence-electron chi connectivity index (χ4n) is 2.30. The smallest absolute Gasteiger partial charge is 0.333 e. The van der Waals surface area contributed by atoms with Gasteiger partial charge in [-0.25, -0.2) is 4.79 Å². The lowest BCUT2D eigenvalue weighted by Gasteiger charge is -2.29. The number of ketones is 1. The Labute approximate surface area is 149 Å². The number of Topliss-reactive ketones (excluding diaryl/α,β-unsaturated/α-hetero) is 1. The second-order valence-corrected chi connectivity index (χ2v) is 6.43. The van der Waals surface area contributed by atoms with Gasteiger partial charge in [0.1, 0.15) is 6.61 Å². The molecular formula is C20H26O5. The number of esters is 2. The van der Waals surface area contributed by atoms with Crippen LogP contribution in [-0.2, 0) is 30.3 Å². The van der Waals surface area contributed by atoms with Gasteiger partial charge in [0, 0.05) is 5.57 Å². The summed E-state index contributed by atoms with van der Waals surface area (Å²) in [5.41, 5.74) is -0.333. The van der Waals surface area contributed by atoms with Crippen molar-refractivity contribution in [3.05, 3.63) is 48.0 Å². The highest BCUT2D eigenvalue weighted by molar-refractivity contribution is 6.03. The Kier molecular flexibility index (Phi) is 7.55. The van der Waals surface area contributed by atoms with Gasteiger partial charge in [0.25, 0.3) is 0 Å². The number of hydrogen-bond donors (Lipinski definition) is 0. The highest BCUT2D eigenvalue weighted by Gasteiger charge is 2.46. The Morgan fingerprint density at radius 3 is 2.20 bits per heavy atom. The second kappa shape index (κ2) is 9.16. The summed E-state index contributed by atoms with van der Waals surface area (Å²) < 4.78 is 10.4. The Morgan fingerprint density at radius 1 is 1.12 bits per heavy atom. The molecule has 1 rings (SSSR count). The van der Waals surface area contributed by atoms with Crippen LogP contribution in [-0.4, -0.2) is 30.4 Å². The van der Waals surface area contributed by atoms with Crippen LogP contribution in [0, 0.1) is 5.41 Å². The summed E-state index contributed by atoms with van der Waals surface area (Å²) in [7, 11) is 0. The minimum atomic E-state index is -1.52. The van der Waals surface area contributed by atoms with Gasteiger partial charge in [0.05, 0.1) is 6.10 Å². The van der Waals surface area contributed by atoms with E-state index in [1.54, 1.807) is 13.8 Å². The van der Waals surface area contributed by atoms with Crippen LogP contribution in [0.4, 0.5) is 0 Å². The average molecular weight is 346 g/mol. The second-order valence-electron chi connectivity index (χ2n) is 6.43. The highest BCUT2D eigenvalue weighted by atomic mass is 16.6. The van der Waals surface area contributed by atoms with Crippen LogP contribution < -0.4 is 0 Å². The SMILES string of the molecule is C=C(C)C(=O)OCC(CCc1ccccc1)(C(C)=O)C(=O)OC(C)C. The molecule has 0 spiro atoms. The number of rotatable bonds is 9. The van der Waals surface area contributed by atoms with E-state index in [1.807, 2.05) is 30.3 Å². The molecule has 0 heterocycles. The Balaban J connectivity index is 3.06. The Hall–Kier alpha value is -2.43. The molecule has 0 saturated heterocycles. The fraction of sp³-hybridized carbons (Fsp3) is 0.450. The van der Waals surface area contributed by atoms with Crippen LogP contribution in [0.3, 0.4) is 0 Å². The van der Waals surface area contributed by atoms with Gasteiger partial charge in [0.2, 0.25) is 0 Å². The highest BCUT2D eigenvalue weighted by Crippen LogP contribution is 2.29. The molecule has 0 fully saturated rings. The largest absolute Gasteiger partial charge is 0.462 e. The van der Waals surface area contributed by atoms with E-state index in [0.717, 1.165) is 5.56 Å². The zero-order valence-electron chi connectivity index (χ0n) is 15.3. The average Bonchev–Trinajstić information content (AvgIpc) is 2.54. The van der Waals surface area contributed by atoms with Gasteiger partial charge in [-0.05, 0) is 46.1 Å². The van der Waals surface area contributed by atoms with E-state index in [4.69, 9.17) is 9.47 Å². The molecule has 5 heteroatoms. The van der Waals surface area contributed by atoms with Crippen LogP contribution in [0.15, 0.2) is 42.5 Å². The first-order valence-corrected chi connectivity index (χ1v) is 8.27.